The van der Waals surface area contributed by atoms with Gasteiger partial charge in [0.15, 0.2) is 5.69 Å². The molecule has 6 heteroatoms. The number of para-hydroxylation sites is 1. The first-order valence-corrected chi connectivity index (χ1v) is 8.41. The highest BCUT2D eigenvalue weighted by Crippen LogP contribution is 2.27. The molecule has 26 heavy (non-hydrogen) atoms. The van der Waals surface area contributed by atoms with Crippen LogP contribution in [0.5, 0.6) is 0 Å². The zero-order chi connectivity index (χ0) is 18.1. The molecule has 0 saturated carbocycles. The first-order valence-electron chi connectivity index (χ1n) is 8.41. The third-order valence-electron chi connectivity index (χ3n) is 4.44. The number of aryl methyl sites for hydroxylation is 1. The molecule has 1 amide bonds. The Labute approximate surface area is 150 Å². The van der Waals surface area contributed by atoms with Gasteiger partial charge in [0.05, 0.1) is 24.5 Å². The Kier molecular flexibility index (Phi) is 4.26. The van der Waals surface area contributed by atoms with Gasteiger partial charge in [0.25, 0.3) is 5.91 Å². The van der Waals surface area contributed by atoms with Gasteiger partial charge in [-0.1, -0.05) is 42.0 Å². The first-order chi connectivity index (χ1) is 12.6. The van der Waals surface area contributed by atoms with E-state index in [1.807, 2.05) is 31.2 Å². The summed E-state index contributed by atoms with van der Waals surface area (Å²) >= 11 is 0. The van der Waals surface area contributed by atoms with E-state index in [9.17, 15) is 9.18 Å². The highest BCUT2D eigenvalue weighted by atomic mass is 19.1. The molecule has 0 unspecified atom stereocenters. The van der Waals surface area contributed by atoms with Crippen molar-refractivity contribution in [2.75, 3.05) is 5.32 Å². The Morgan fingerprint density at radius 1 is 1.23 bits per heavy atom. The molecule has 0 fully saturated rings. The molecule has 0 saturated heterocycles. The summed E-state index contributed by atoms with van der Waals surface area (Å²) in [5.74, 6) is -0.920. The van der Waals surface area contributed by atoms with Crippen molar-refractivity contribution in [2.45, 2.75) is 26.2 Å². The molecule has 132 valence electrons. The SMILES string of the molecule is Cc1ccc([C@@H]2Cn3nc(C(=O)Nc4ccccc4F)cc3CO2)cc1. The number of benzene rings is 2. The van der Waals surface area contributed by atoms with Crippen LogP contribution < -0.4 is 5.32 Å². The van der Waals surface area contributed by atoms with Crippen molar-refractivity contribution in [1.82, 2.24) is 9.78 Å². The van der Waals surface area contributed by atoms with Crippen molar-refractivity contribution in [3.8, 4) is 0 Å². The molecule has 4 rings (SSSR count). The molecule has 0 aliphatic carbocycles. The standard InChI is InChI=1S/C20H18FN3O2/c1-13-6-8-14(9-7-13)19-11-24-15(12-26-19)10-18(23-24)20(25)22-17-5-3-2-4-16(17)21/h2-10,19H,11-12H2,1H3,(H,22,25)/t19-/m0/s1. The van der Waals surface area contributed by atoms with Gasteiger partial charge in [0.2, 0.25) is 0 Å². The van der Waals surface area contributed by atoms with Crippen molar-refractivity contribution < 1.29 is 13.9 Å². The monoisotopic (exact) mass is 351 g/mol. The van der Waals surface area contributed by atoms with E-state index in [0.717, 1.165) is 11.3 Å². The minimum absolute atomic E-state index is 0.106. The summed E-state index contributed by atoms with van der Waals surface area (Å²) in [6, 6.07) is 15.9. The minimum Gasteiger partial charge on any atom is -0.365 e. The number of aromatic nitrogens is 2. The zero-order valence-corrected chi connectivity index (χ0v) is 14.3. The van der Waals surface area contributed by atoms with Crippen LogP contribution in [0.25, 0.3) is 0 Å². The predicted octanol–water partition coefficient (Wildman–Crippen LogP) is 3.85. The van der Waals surface area contributed by atoms with E-state index in [-0.39, 0.29) is 17.5 Å². The van der Waals surface area contributed by atoms with Crippen LogP contribution in [0.3, 0.4) is 0 Å². The van der Waals surface area contributed by atoms with Crippen LogP contribution in [0.2, 0.25) is 0 Å². The van der Waals surface area contributed by atoms with Crippen LogP contribution in [0.4, 0.5) is 10.1 Å². The van der Waals surface area contributed by atoms with Gasteiger partial charge in [-0.15, -0.1) is 0 Å². The van der Waals surface area contributed by atoms with E-state index in [4.69, 9.17) is 4.74 Å². The van der Waals surface area contributed by atoms with Crippen molar-refractivity contribution in [3.63, 3.8) is 0 Å². The second-order valence-electron chi connectivity index (χ2n) is 6.35. The molecule has 1 aliphatic heterocycles. The summed E-state index contributed by atoms with van der Waals surface area (Å²) in [4.78, 5) is 12.4. The number of amides is 1. The highest BCUT2D eigenvalue weighted by Gasteiger charge is 2.24. The van der Waals surface area contributed by atoms with Gasteiger partial charge in [-0.2, -0.15) is 5.10 Å². The maximum Gasteiger partial charge on any atom is 0.276 e. The van der Waals surface area contributed by atoms with E-state index in [0.29, 0.717) is 13.2 Å². The molecule has 3 aromatic rings. The predicted molar refractivity (Wildman–Crippen MR) is 95.3 cm³/mol. The summed E-state index contributed by atoms with van der Waals surface area (Å²) in [6.45, 7) is 2.95. The summed E-state index contributed by atoms with van der Waals surface area (Å²) in [5, 5.41) is 6.93. The van der Waals surface area contributed by atoms with Gasteiger partial charge in [0, 0.05) is 0 Å². The van der Waals surface area contributed by atoms with Gasteiger partial charge in [0.1, 0.15) is 11.9 Å². The molecule has 1 atom stereocenters. The number of carbonyl (C=O) groups excluding carboxylic acids is 1. The quantitative estimate of drug-likeness (QED) is 0.780. The molecule has 1 aromatic heterocycles. The van der Waals surface area contributed by atoms with Gasteiger partial charge < -0.3 is 10.1 Å². The number of hydrogen-bond donors (Lipinski definition) is 1. The molecule has 0 radical (unpaired) electrons. The highest BCUT2D eigenvalue weighted by molar-refractivity contribution is 6.03. The van der Waals surface area contributed by atoms with Crippen LogP contribution in [-0.4, -0.2) is 15.7 Å². The van der Waals surface area contributed by atoms with E-state index in [1.165, 1.54) is 17.7 Å². The zero-order valence-electron chi connectivity index (χ0n) is 14.3. The lowest BCUT2D eigenvalue weighted by Crippen LogP contribution is -2.22. The van der Waals surface area contributed by atoms with Crippen molar-refractivity contribution in [1.29, 1.82) is 0 Å². The maximum atomic E-state index is 13.7. The molecule has 2 heterocycles. The Hall–Kier alpha value is -2.99. The fraction of sp³-hybridized carbons (Fsp3) is 0.200. The molecule has 0 bridgehead atoms. The number of ether oxygens (including phenoxy) is 1. The number of fused-ring (bicyclic) bond motifs is 1. The topological polar surface area (TPSA) is 56.2 Å². The van der Waals surface area contributed by atoms with E-state index >= 15 is 0 Å². The third-order valence-corrected chi connectivity index (χ3v) is 4.44. The smallest absolute Gasteiger partial charge is 0.276 e. The Morgan fingerprint density at radius 2 is 2.00 bits per heavy atom. The molecular weight excluding hydrogens is 333 g/mol. The average Bonchev–Trinajstić information content (AvgIpc) is 3.07. The maximum absolute atomic E-state index is 13.7. The lowest BCUT2D eigenvalue weighted by Gasteiger charge is -2.24. The fourth-order valence-electron chi connectivity index (χ4n) is 2.97. The Balaban J connectivity index is 1.51. The largest absolute Gasteiger partial charge is 0.365 e. The molecular formula is C20H18FN3O2. The van der Waals surface area contributed by atoms with Gasteiger partial charge >= 0.3 is 0 Å². The van der Waals surface area contributed by atoms with Gasteiger partial charge in [-0.3, -0.25) is 9.48 Å². The number of nitrogens with one attached hydrogen (secondary N) is 1. The number of carbonyl (C=O) groups is 1. The lowest BCUT2D eigenvalue weighted by atomic mass is 10.1. The molecule has 2 aromatic carbocycles. The second kappa shape index (κ2) is 6.72. The van der Waals surface area contributed by atoms with Crippen LogP contribution in [0, 0.1) is 12.7 Å². The first kappa shape index (κ1) is 16.5. The fourth-order valence-corrected chi connectivity index (χ4v) is 2.97. The van der Waals surface area contributed by atoms with Crippen LogP contribution in [0.15, 0.2) is 54.6 Å². The van der Waals surface area contributed by atoms with E-state index in [1.54, 1.807) is 22.9 Å². The Morgan fingerprint density at radius 3 is 2.77 bits per heavy atom. The molecule has 1 N–H and O–H groups in total. The van der Waals surface area contributed by atoms with Crippen LogP contribution >= 0.6 is 0 Å². The molecule has 0 spiro atoms. The van der Waals surface area contributed by atoms with E-state index in [2.05, 4.69) is 10.4 Å². The summed E-state index contributed by atoms with van der Waals surface area (Å²) < 4.78 is 21.4. The van der Waals surface area contributed by atoms with Crippen molar-refractivity contribution in [3.05, 3.63) is 82.9 Å². The third kappa shape index (κ3) is 3.23. The van der Waals surface area contributed by atoms with E-state index < -0.39 is 11.7 Å². The number of nitrogens with zero attached hydrogens (tertiary/aromatic N) is 2. The average molecular weight is 351 g/mol. The van der Waals surface area contributed by atoms with Crippen molar-refractivity contribution >= 4 is 11.6 Å². The van der Waals surface area contributed by atoms with Gasteiger partial charge in [-0.05, 0) is 30.7 Å². The van der Waals surface area contributed by atoms with Crippen LogP contribution in [0.1, 0.15) is 33.4 Å². The summed E-state index contributed by atoms with van der Waals surface area (Å²) in [5.41, 5.74) is 3.48. The van der Waals surface area contributed by atoms with Crippen molar-refractivity contribution in [2.24, 2.45) is 0 Å². The lowest BCUT2D eigenvalue weighted by molar-refractivity contribution is -0.00119. The summed E-state index contributed by atoms with van der Waals surface area (Å²) in [7, 11) is 0. The molecule has 1 aliphatic rings. The number of halogens is 1. The summed E-state index contributed by atoms with van der Waals surface area (Å²) in [6.07, 6.45) is -0.106. The molecule has 5 nitrogen and oxygen atoms in total. The van der Waals surface area contributed by atoms with Crippen LogP contribution in [-0.2, 0) is 17.9 Å². The minimum atomic E-state index is -0.479. The normalized spacial score (nSPS) is 16.2. The van der Waals surface area contributed by atoms with Gasteiger partial charge in [-0.25, -0.2) is 4.39 Å². The number of rotatable bonds is 3. The number of anilines is 1. The number of hydrogen-bond acceptors (Lipinski definition) is 3. The second-order valence-corrected chi connectivity index (χ2v) is 6.35. The Bertz CT molecular complexity index is 950.